The van der Waals surface area contributed by atoms with Gasteiger partial charge < -0.3 is 15.4 Å². The Bertz CT molecular complexity index is 731. The molecule has 5 nitrogen and oxygen atoms in total. The van der Waals surface area contributed by atoms with Gasteiger partial charge in [-0.25, -0.2) is 0 Å². The van der Waals surface area contributed by atoms with Crippen LogP contribution in [-0.2, 0) is 4.79 Å². The second-order valence-corrected chi connectivity index (χ2v) is 9.45. The average Bonchev–Trinajstić information content (AvgIpc) is 3.15. The van der Waals surface area contributed by atoms with Crippen molar-refractivity contribution in [2.45, 2.75) is 65.8 Å². The summed E-state index contributed by atoms with van der Waals surface area (Å²) in [5.41, 5.74) is 8.75. The van der Waals surface area contributed by atoms with E-state index in [4.69, 9.17) is 10.7 Å². The lowest BCUT2D eigenvalue weighted by Gasteiger charge is -2.36. The summed E-state index contributed by atoms with van der Waals surface area (Å²) < 4.78 is 0. The highest BCUT2D eigenvalue weighted by molar-refractivity contribution is 5.96. The summed E-state index contributed by atoms with van der Waals surface area (Å²) in [6.45, 7) is 14.4. The first-order chi connectivity index (χ1) is 12.5. The average molecular weight is 371 g/mol. The highest BCUT2D eigenvalue weighted by Gasteiger charge is 2.65. The third-order valence-corrected chi connectivity index (χ3v) is 5.80. The number of ketones is 1. The maximum Gasteiger partial charge on any atom is 0.130 e. The van der Waals surface area contributed by atoms with E-state index in [0.29, 0.717) is 12.3 Å². The summed E-state index contributed by atoms with van der Waals surface area (Å²) in [7, 11) is 0. The number of hydrogen-bond donors (Lipinski definition) is 1. The highest BCUT2D eigenvalue weighted by Crippen LogP contribution is 2.51. The summed E-state index contributed by atoms with van der Waals surface area (Å²) in [4.78, 5) is 21.5. The molecule has 27 heavy (non-hydrogen) atoms. The van der Waals surface area contributed by atoms with Crippen LogP contribution in [0.1, 0.15) is 48.0 Å². The van der Waals surface area contributed by atoms with E-state index in [1.165, 1.54) is 5.70 Å². The predicted molar refractivity (Wildman–Crippen MR) is 111 cm³/mol. The van der Waals surface area contributed by atoms with Gasteiger partial charge in [0, 0.05) is 30.9 Å². The van der Waals surface area contributed by atoms with Crippen molar-refractivity contribution in [3.05, 3.63) is 36.1 Å². The minimum atomic E-state index is -0.299. The molecule has 3 heterocycles. The Hall–Kier alpha value is -1.72. The van der Waals surface area contributed by atoms with E-state index in [9.17, 15) is 4.79 Å². The van der Waals surface area contributed by atoms with Crippen LogP contribution in [0.25, 0.3) is 0 Å². The van der Waals surface area contributed by atoms with Crippen molar-refractivity contribution in [1.29, 1.82) is 0 Å². The van der Waals surface area contributed by atoms with E-state index in [1.807, 2.05) is 6.08 Å². The summed E-state index contributed by atoms with van der Waals surface area (Å²) in [6.07, 6.45) is 10.7. The lowest BCUT2D eigenvalue weighted by atomic mass is 9.86. The third kappa shape index (κ3) is 3.94. The molecule has 0 aromatic carbocycles. The normalized spacial score (nSPS) is 37.0. The van der Waals surface area contributed by atoms with Crippen molar-refractivity contribution >= 4 is 11.5 Å². The fraction of sp³-hybridized carbons (Fsp3) is 0.636. The molecule has 0 saturated carbocycles. The maximum absolute atomic E-state index is 11.7. The quantitative estimate of drug-likeness (QED) is 0.756. The number of aliphatic imine (C=N–C) groups is 1. The first-order valence-electron chi connectivity index (χ1n) is 9.97. The Balaban J connectivity index is 1.95. The fourth-order valence-electron chi connectivity index (χ4n) is 4.49. The lowest BCUT2D eigenvalue weighted by Crippen LogP contribution is -2.43. The predicted octanol–water partition coefficient (Wildman–Crippen LogP) is 3.10. The molecule has 0 aliphatic carbocycles. The molecule has 0 amide bonds. The second kappa shape index (κ2) is 7.02. The number of carbonyl (C=O) groups is 1. The molecule has 2 saturated heterocycles. The van der Waals surface area contributed by atoms with Crippen LogP contribution >= 0.6 is 0 Å². The largest absolute Gasteiger partial charge is 0.353 e. The standard InChI is InChI=1S/C22H34N4O/c1-15(2)17-10-8-7-9-11-18-19(20(23)24-17)26-14-22(26,6)25(18)13-21(4,5)12-16(3)27/h7-11,15,19-20H,12-14,23H2,1-6H3/b9-7-,10-8-,18-11-,24-17?/t19?,20-,22+,26?/m1/s1. The summed E-state index contributed by atoms with van der Waals surface area (Å²) >= 11 is 0. The molecule has 0 radical (unpaired) electrons. The molecule has 0 aromatic rings. The topological polar surface area (TPSA) is 61.7 Å². The van der Waals surface area contributed by atoms with Gasteiger partial charge in [0.2, 0.25) is 0 Å². The Kier molecular flexibility index (Phi) is 5.21. The number of allylic oxidation sites excluding steroid dienone is 5. The van der Waals surface area contributed by atoms with Gasteiger partial charge in [-0.2, -0.15) is 0 Å². The van der Waals surface area contributed by atoms with Crippen LogP contribution in [0.3, 0.4) is 0 Å². The Morgan fingerprint density at radius 3 is 2.70 bits per heavy atom. The highest BCUT2D eigenvalue weighted by atomic mass is 16.1. The molecule has 2 N–H and O–H groups in total. The van der Waals surface area contributed by atoms with Gasteiger partial charge in [0.15, 0.2) is 0 Å². The molecule has 0 aromatic heterocycles. The van der Waals surface area contributed by atoms with Crippen LogP contribution in [0.5, 0.6) is 0 Å². The summed E-state index contributed by atoms with van der Waals surface area (Å²) in [6, 6.07) is 0.0769. The van der Waals surface area contributed by atoms with Gasteiger partial charge in [-0.15, -0.1) is 0 Å². The van der Waals surface area contributed by atoms with E-state index in [0.717, 1.165) is 18.8 Å². The molecule has 0 spiro atoms. The maximum atomic E-state index is 11.7. The van der Waals surface area contributed by atoms with E-state index >= 15 is 0 Å². The molecule has 5 heteroatoms. The Morgan fingerprint density at radius 1 is 1.37 bits per heavy atom. The van der Waals surface area contributed by atoms with Crippen molar-refractivity contribution in [2.75, 3.05) is 13.1 Å². The second-order valence-electron chi connectivity index (χ2n) is 9.45. The zero-order valence-corrected chi connectivity index (χ0v) is 17.6. The fourth-order valence-corrected chi connectivity index (χ4v) is 4.49. The first kappa shape index (κ1) is 20.0. The van der Waals surface area contributed by atoms with E-state index in [2.05, 4.69) is 68.7 Å². The van der Waals surface area contributed by atoms with Gasteiger partial charge in [-0.05, 0) is 37.3 Å². The van der Waals surface area contributed by atoms with Crippen LogP contribution < -0.4 is 5.73 Å². The number of nitrogens with zero attached hydrogens (tertiary/aromatic N) is 3. The molecule has 2 unspecified atom stereocenters. The number of piperazine rings is 1. The van der Waals surface area contributed by atoms with E-state index in [-0.39, 0.29) is 29.1 Å². The summed E-state index contributed by atoms with van der Waals surface area (Å²) in [5, 5.41) is 0. The molecular formula is C22H34N4O. The van der Waals surface area contributed by atoms with Gasteiger partial charge in [0.05, 0.1) is 6.04 Å². The van der Waals surface area contributed by atoms with Crippen LogP contribution in [0.2, 0.25) is 0 Å². The molecule has 0 bridgehead atoms. The van der Waals surface area contributed by atoms with Crippen LogP contribution in [0, 0.1) is 11.3 Å². The smallest absolute Gasteiger partial charge is 0.130 e. The number of nitrogens with two attached hydrogens (primary N) is 1. The molecule has 3 aliphatic rings. The number of hydrogen-bond acceptors (Lipinski definition) is 5. The lowest BCUT2D eigenvalue weighted by molar-refractivity contribution is -0.119. The zero-order valence-electron chi connectivity index (χ0n) is 17.6. The molecular weight excluding hydrogens is 336 g/mol. The third-order valence-electron chi connectivity index (χ3n) is 5.80. The van der Waals surface area contributed by atoms with Gasteiger partial charge in [0.25, 0.3) is 0 Å². The molecule has 4 atom stereocenters. The van der Waals surface area contributed by atoms with Gasteiger partial charge in [-0.1, -0.05) is 45.9 Å². The molecule has 148 valence electrons. The summed E-state index contributed by atoms with van der Waals surface area (Å²) in [5.74, 6) is 0.571. The number of fused-ring (bicyclic) bond motifs is 3. The van der Waals surface area contributed by atoms with Crippen LogP contribution in [0.15, 0.2) is 41.1 Å². The van der Waals surface area contributed by atoms with E-state index < -0.39 is 0 Å². The SMILES string of the molecule is CC(=O)CC(C)(C)CN1\C2=C/C=C\C=C/C(C(C)C)=N[C@@H](N)C2N2C[C@@]12C. The Morgan fingerprint density at radius 2 is 2.07 bits per heavy atom. The Labute approximate surface area is 163 Å². The van der Waals surface area contributed by atoms with Crippen LogP contribution in [-0.4, -0.2) is 52.3 Å². The molecule has 2 fully saturated rings. The minimum Gasteiger partial charge on any atom is -0.353 e. The monoisotopic (exact) mass is 370 g/mol. The van der Waals surface area contributed by atoms with E-state index in [1.54, 1.807) is 6.92 Å². The first-order valence-corrected chi connectivity index (χ1v) is 9.97. The minimum absolute atomic E-state index is 0.0228. The van der Waals surface area contributed by atoms with Gasteiger partial charge in [0.1, 0.15) is 17.6 Å². The zero-order chi connectivity index (χ0) is 20.0. The van der Waals surface area contributed by atoms with Crippen molar-refractivity contribution in [1.82, 2.24) is 9.80 Å². The van der Waals surface area contributed by atoms with Crippen molar-refractivity contribution in [3.8, 4) is 0 Å². The van der Waals surface area contributed by atoms with Crippen molar-refractivity contribution < 1.29 is 4.79 Å². The molecule has 3 rings (SSSR count). The van der Waals surface area contributed by atoms with Crippen molar-refractivity contribution in [3.63, 3.8) is 0 Å². The van der Waals surface area contributed by atoms with Gasteiger partial charge in [-0.3, -0.25) is 9.89 Å². The van der Waals surface area contributed by atoms with Crippen LogP contribution in [0.4, 0.5) is 0 Å². The van der Waals surface area contributed by atoms with Crippen molar-refractivity contribution in [2.24, 2.45) is 22.1 Å². The number of Topliss-reactive ketones (excluding diaryl/α,β-unsaturated/α-hetero) is 1. The molecule has 3 aliphatic heterocycles. The number of carbonyl (C=O) groups excluding carboxylic acids is 1. The van der Waals surface area contributed by atoms with Gasteiger partial charge >= 0.3 is 0 Å². The number of rotatable bonds is 5.